The smallest absolute Gasteiger partial charge is 0.122 e. The molecule has 1 atom stereocenters. The molecule has 0 aliphatic carbocycles. The van der Waals surface area contributed by atoms with E-state index in [9.17, 15) is 0 Å². The van der Waals surface area contributed by atoms with Gasteiger partial charge in [-0.1, -0.05) is 18.2 Å². The highest BCUT2D eigenvalue weighted by Gasteiger charge is 2.05. The quantitative estimate of drug-likeness (QED) is 0.727. The van der Waals surface area contributed by atoms with E-state index < -0.39 is 0 Å². The Bertz CT molecular complexity index is 283. The van der Waals surface area contributed by atoms with Crippen molar-refractivity contribution in [1.29, 1.82) is 0 Å². The van der Waals surface area contributed by atoms with Crippen LogP contribution in [0.15, 0.2) is 24.3 Å². The number of hydrogen-bond donors (Lipinski definition) is 0. The molecular weight excluding hydrogens is 174 g/mol. The fraction of sp³-hybridized carbons (Fsp3) is 0.500. The molecule has 0 bridgehead atoms. The van der Waals surface area contributed by atoms with Crippen LogP contribution in [0, 0.1) is 6.92 Å². The summed E-state index contributed by atoms with van der Waals surface area (Å²) in [6, 6.07) is 8.54. The largest absolute Gasteiger partial charge is 0.492 e. The molecule has 0 N–H and O–H groups in total. The molecule has 1 unspecified atom stereocenters. The van der Waals surface area contributed by atoms with Crippen molar-refractivity contribution in [3.63, 3.8) is 0 Å². The third kappa shape index (κ3) is 3.04. The van der Waals surface area contributed by atoms with Crippen LogP contribution in [0.25, 0.3) is 0 Å². The maximum Gasteiger partial charge on any atom is 0.122 e. The first-order valence-electron chi connectivity index (χ1n) is 4.96. The minimum atomic E-state index is 0.439. The molecule has 1 aromatic carbocycles. The molecule has 0 fully saturated rings. The second kappa shape index (κ2) is 5.01. The molecule has 0 aliphatic rings. The zero-order valence-corrected chi connectivity index (χ0v) is 9.45. The Morgan fingerprint density at radius 2 is 1.93 bits per heavy atom. The van der Waals surface area contributed by atoms with E-state index in [4.69, 9.17) is 4.74 Å². The lowest BCUT2D eigenvalue weighted by Crippen LogP contribution is -2.30. The Labute approximate surface area is 86.5 Å². The van der Waals surface area contributed by atoms with Gasteiger partial charge in [-0.05, 0) is 39.6 Å². The first kappa shape index (κ1) is 11.1. The van der Waals surface area contributed by atoms with E-state index in [0.717, 1.165) is 12.4 Å². The maximum atomic E-state index is 5.72. The number of rotatable bonds is 4. The van der Waals surface area contributed by atoms with Gasteiger partial charge in [0.05, 0.1) is 0 Å². The zero-order valence-electron chi connectivity index (χ0n) is 9.45. The topological polar surface area (TPSA) is 12.5 Å². The molecule has 0 heterocycles. The third-order valence-corrected chi connectivity index (χ3v) is 2.46. The molecule has 78 valence electrons. The summed E-state index contributed by atoms with van der Waals surface area (Å²) in [5.74, 6) is 0.987. The fourth-order valence-electron chi connectivity index (χ4n) is 1.08. The van der Waals surface area contributed by atoms with E-state index in [2.05, 4.69) is 38.9 Å². The van der Waals surface area contributed by atoms with Gasteiger partial charge in [-0.3, -0.25) is 0 Å². The van der Waals surface area contributed by atoms with E-state index >= 15 is 0 Å². The summed E-state index contributed by atoms with van der Waals surface area (Å²) >= 11 is 0. The average molecular weight is 193 g/mol. The minimum absolute atomic E-state index is 0.439. The van der Waals surface area contributed by atoms with Crippen LogP contribution in [0.3, 0.4) is 0 Å². The zero-order chi connectivity index (χ0) is 10.6. The molecule has 0 saturated heterocycles. The van der Waals surface area contributed by atoms with Crippen LogP contribution in [-0.4, -0.2) is 31.6 Å². The van der Waals surface area contributed by atoms with E-state index in [1.54, 1.807) is 0 Å². The van der Waals surface area contributed by atoms with E-state index in [1.807, 2.05) is 18.2 Å². The molecule has 1 aromatic rings. The van der Waals surface area contributed by atoms with Crippen LogP contribution in [0.2, 0.25) is 0 Å². The summed E-state index contributed by atoms with van der Waals surface area (Å²) in [6.07, 6.45) is 0. The van der Waals surface area contributed by atoms with Crippen molar-refractivity contribution in [1.82, 2.24) is 4.90 Å². The van der Waals surface area contributed by atoms with Gasteiger partial charge in [0.25, 0.3) is 0 Å². The standard InChI is InChI=1S/C12H19NO/c1-10-7-5-6-8-12(10)14-9-11(2)13(3)4/h5-8,11H,9H2,1-4H3. The maximum absolute atomic E-state index is 5.72. The third-order valence-electron chi connectivity index (χ3n) is 2.46. The highest BCUT2D eigenvalue weighted by atomic mass is 16.5. The number of para-hydroxylation sites is 1. The van der Waals surface area contributed by atoms with E-state index in [1.165, 1.54) is 5.56 Å². The summed E-state index contributed by atoms with van der Waals surface area (Å²) < 4.78 is 5.72. The minimum Gasteiger partial charge on any atom is -0.492 e. The lowest BCUT2D eigenvalue weighted by Gasteiger charge is -2.20. The Morgan fingerprint density at radius 1 is 1.29 bits per heavy atom. The predicted octanol–water partition coefficient (Wildman–Crippen LogP) is 2.32. The normalized spacial score (nSPS) is 12.9. The monoisotopic (exact) mass is 193 g/mol. The molecule has 0 aromatic heterocycles. The van der Waals surface area contributed by atoms with Gasteiger partial charge in [0.1, 0.15) is 12.4 Å². The molecule has 0 radical (unpaired) electrons. The predicted molar refractivity (Wildman–Crippen MR) is 59.8 cm³/mol. The summed E-state index contributed by atoms with van der Waals surface area (Å²) in [5.41, 5.74) is 1.19. The second-order valence-electron chi connectivity index (χ2n) is 3.89. The summed E-state index contributed by atoms with van der Waals surface area (Å²) in [5, 5.41) is 0. The number of ether oxygens (including phenoxy) is 1. The van der Waals surface area contributed by atoms with Crippen LogP contribution in [-0.2, 0) is 0 Å². The molecule has 0 saturated carbocycles. The van der Waals surface area contributed by atoms with Crippen LogP contribution in [0.1, 0.15) is 12.5 Å². The van der Waals surface area contributed by atoms with Crippen molar-refractivity contribution in [3.05, 3.63) is 29.8 Å². The van der Waals surface area contributed by atoms with Crippen molar-refractivity contribution < 1.29 is 4.74 Å². The Kier molecular flexibility index (Phi) is 3.96. The summed E-state index contributed by atoms with van der Waals surface area (Å²) in [4.78, 5) is 2.15. The Morgan fingerprint density at radius 3 is 2.50 bits per heavy atom. The van der Waals surface area contributed by atoms with Crippen molar-refractivity contribution in [2.24, 2.45) is 0 Å². The average Bonchev–Trinajstić information content (AvgIpc) is 2.16. The molecule has 2 nitrogen and oxygen atoms in total. The molecule has 0 amide bonds. The molecule has 1 rings (SSSR count). The van der Waals surface area contributed by atoms with Crippen molar-refractivity contribution in [2.75, 3.05) is 20.7 Å². The number of nitrogens with zero attached hydrogens (tertiary/aromatic N) is 1. The highest BCUT2D eigenvalue weighted by Crippen LogP contribution is 2.16. The molecule has 14 heavy (non-hydrogen) atoms. The van der Waals surface area contributed by atoms with Gasteiger partial charge in [0.2, 0.25) is 0 Å². The number of benzene rings is 1. The summed E-state index contributed by atoms with van der Waals surface area (Å²) in [7, 11) is 4.12. The van der Waals surface area contributed by atoms with Gasteiger partial charge < -0.3 is 9.64 Å². The van der Waals surface area contributed by atoms with Gasteiger partial charge >= 0.3 is 0 Å². The number of hydrogen-bond acceptors (Lipinski definition) is 2. The fourth-order valence-corrected chi connectivity index (χ4v) is 1.08. The Balaban J connectivity index is 2.50. The van der Waals surface area contributed by atoms with Crippen LogP contribution < -0.4 is 4.74 Å². The first-order chi connectivity index (χ1) is 6.61. The van der Waals surface area contributed by atoms with E-state index in [0.29, 0.717) is 6.04 Å². The molecule has 0 spiro atoms. The molecular formula is C12H19NO. The lowest BCUT2D eigenvalue weighted by molar-refractivity contribution is 0.197. The highest BCUT2D eigenvalue weighted by molar-refractivity contribution is 5.31. The SMILES string of the molecule is Cc1ccccc1OCC(C)N(C)C. The summed E-state index contributed by atoms with van der Waals surface area (Å²) in [6.45, 7) is 4.95. The first-order valence-corrected chi connectivity index (χ1v) is 4.96. The van der Waals surface area contributed by atoms with Gasteiger partial charge in [0, 0.05) is 6.04 Å². The van der Waals surface area contributed by atoms with E-state index in [-0.39, 0.29) is 0 Å². The van der Waals surface area contributed by atoms with Gasteiger partial charge in [0.15, 0.2) is 0 Å². The van der Waals surface area contributed by atoms with Gasteiger partial charge in [-0.25, -0.2) is 0 Å². The molecule has 2 heteroatoms. The second-order valence-corrected chi connectivity index (χ2v) is 3.89. The van der Waals surface area contributed by atoms with Gasteiger partial charge in [-0.2, -0.15) is 0 Å². The Hall–Kier alpha value is -1.02. The van der Waals surface area contributed by atoms with Crippen LogP contribution in [0.4, 0.5) is 0 Å². The number of likely N-dealkylation sites (N-methyl/N-ethyl adjacent to an activating group) is 1. The van der Waals surface area contributed by atoms with Crippen molar-refractivity contribution in [3.8, 4) is 5.75 Å². The van der Waals surface area contributed by atoms with Crippen LogP contribution >= 0.6 is 0 Å². The van der Waals surface area contributed by atoms with Gasteiger partial charge in [-0.15, -0.1) is 0 Å². The number of aryl methyl sites for hydroxylation is 1. The molecule has 0 aliphatic heterocycles. The van der Waals surface area contributed by atoms with Crippen molar-refractivity contribution in [2.45, 2.75) is 19.9 Å². The van der Waals surface area contributed by atoms with Crippen LogP contribution in [0.5, 0.6) is 5.75 Å². The lowest BCUT2D eigenvalue weighted by atomic mass is 10.2. The van der Waals surface area contributed by atoms with Crippen molar-refractivity contribution >= 4 is 0 Å².